The molecule has 8 heteroatoms. The van der Waals surface area contributed by atoms with Gasteiger partial charge in [0.25, 0.3) is 0 Å². The quantitative estimate of drug-likeness (QED) is 0.254. The first kappa shape index (κ1) is 29.2. The molecule has 2 N–H and O–H groups in total. The van der Waals surface area contributed by atoms with Crippen LogP contribution in [0, 0.1) is 35.5 Å². The van der Waals surface area contributed by atoms with E-state index in [1.807, 2.05) is 42.1 Å². The minimum Gasteiger partial charge on any atom is -0.393 e. The first-order valence-electron chi connectivity index (χ1n) is 16.4. The van der Waals surface area contributed by atoms with Gasteiger partial charge in [-0.2, -0.15) is 5.10 Å². The molecule has 3 saturated carbocycles. The molecule has 2 heterocycles. The number of Topliss-reactive ketones (excluding diaryl/α,β-unsaturated/α-hetero) is 1. The third-order valence-electron chi connectivity index (χ3n) is 12.5. The summed E-state index contributed by atoms with van der Waals surface area (Å²) < 4.78 is 4.09. The van der Waals surface area contributed by atoms with Crippen molar-refractivity contribution in [3.8, 4) is 5.69 Å². The van der Waals surface area contributed by atoms with Crippen molar-refractivity contribution in [3.05, 3.63) is 77.1 Å². The van der Waals surface area contributed by atoms with Crippen LogP contribution in [-0.2, 0) is 18.3 Å². The van der Waals surface area contributed by atoms with E-state index < -0.39 is 17.1 Å². The zero-order valence-electron chi connectivity index (χ0n) is 26.5. The number of thioether (sulfide) groups is 1. The number of hydrogen-bond acceptors (Lipinski definition) is 6. The second kappa shape index (κ2) is 10.1. The number of ketones is 1. The van der Waals surface area contributed by atoms with E-state index in [2.05, 4.69) is 55.8 Å². The largest absolute Gasteiger partial charge is 0.393 e. The Kier molecular flexibility index (Phi) is 6.59. The van der Waals surface area contributed by atoms with Crippen LogP contribution < -0.4 is 0 Å². The Hall–Kier alpha value is -3.20. The number of aryl methyl sites for hydroxylation is 2. The number of hydrogen-bond donors (Lipinski definition) is 2. The summed E-state index contributed by atoms with van der Waals surface area (Å²) in [5.41, 5.74) is 5.71. The Morgan fingerprint density at radius 3 is 2.69 bits per heavy atom. The maximum atomic E-state index is 14.0. The van der Waals surface area contributed by atoms with Crippen LogP contribution in [0.2, 0.25) is 0 Å². The molecule has 4 aromatic rings. The van der Waals surface area contributed by atoms with Gasteiger partial charge in [0.05, 0.1) is 40.5 Å². The second-order valence-corrected chi connectivity index (χ2v) is 15.5. The van der Waals surface area contributed by atoms with Gasteiger partial charge in [-0.25, -0.2) is 9.67 Å². The number of carbonyl (C=O) groups is 1. The minimum absolute atomic E-state index is 0.0809. The van der Waals surface area contributed by atoms with Gasteiger partial charge < -0.3 is 14.8 Å². The van der Waals surface area contributed by atoms with E-state index in [9.17, 15) is 15.0 Å². The number of aliphatic hydroxyl groups excluding tert-OH is 1. The Morgan fingerprint density at radius 2 is 1.89 bits per heavy atom. The zero-order valence-corrected chi connectivity index (χ0v) is 27.3. The topological polar surface area (TPSA) is 93.2 Å². The number of carbonyl (C=O) groups excluding carboxylic acids is 1. The standard InChI is InChI=1S/C37H42N4O3S/c1-22-9-5-7-11-28(22)41-30-17-24-13-14-25-26-15-16-37(44,32(43)21-45-34-39-27-10-6-8-12-29(27)40(34)4)36(26,3)19-31(42)33(25)35(24,2)18-23(30)20-38-41/h5-12,17,20,25-26,31,33,42,44H,13-16,18-19,21H2,1-4H3/t25?,26?,31?,33?,35?,36?,37-/m0/s1. The highest BCUT2D eigenvalue weighted by molar-refractivity contribution is 7.99. The second-order valence-electron chi connectivity index (χ2n) is 14.6. The van der Waals surface area contributed by atoms with Crippen LogP contribution in [0.4, 0.5) is 0 Å². The highest BCUT2D eigenvalue weighted by Gasteiger charge is 2.68. The minimum atomic E-state index is -1.45. The van der Waals surface area contributed by atoms with Gasteiger partial charge in [0.15, 0.2) is 10.9 Å². The van der Waals surface area contributed by atoms with Crippen LogP contribution in [0.25, 0.3) is 22.8 Å². The van der Waals surface area contributed by atoms with Crippen molar-refractivity contribution in [3.63, 3.8) is 0 Å². The van der Waals surface area contributed by atoms with E-state index in [0.29, 0.717) is 12.8 Å². The number of fused-ring (bicyclic) bond motifs is 7. The predicted molar refractivity (Wildman–Crippen MR) is 177 cm³/mol. The van der Waals surface area contributed by atoms with E-state index >= 15 is 0 Å². The molecule has 8 rings (SSSR count). The van der Waals surface area contributed by atoms with E-state index in [4.69, 9.17) is 10.1 Å². The maximum absolute atomic E-state index is 14.0. The number of rotatable bonds is 5. The summed E-state index contributed by atoms with van der Waals surface area (Å²) in [6, 6.07) is 16.3. The van der Waals surface area contributed by atoms with Gasteiger partial charge in [-0.3, -0.25) is 4.79 Å². The van der Waals surface area contributed by atoms with Gasteiger partial charge in [0.1, 0.15) is 5.60 Å². The molecular formula is C37H42N4O3S. The van der Waals surface area contributed by atoms with Gasteiger partial charge in [0, 0.05) is 12.5 Å². The SMILES string of the molecule is Cc1ccccc1-n1ncc2c1C=C1CCC3C(C(O)CC4(C)C3CC[C@]4(O)C(=O)CSc3nc4ccccc4n3C)C1(C)C2. The molecular weight excluding hydrogens is 580 g/mol. The smallest absolute Gasteiger partial charge is 0.175 e. The number of benzene rings is 2. The molecule has 0 amide bonds. The number of aliphatic hydroxyl groups is 2. The third kappa shape index (κ3) is 4.07. The van der Waals surface area contributed by atoms with Crippen LogP contribution in [0.3, 0.4) is 0 Å². The first-order valence-corrected chi connectivity index (χ1v) is 17.4. The maximum Gasteiger partial charge on any atom is 0.175 e. The lowest BCUT2D eigenvalue weighted by molar-refractivity contribution is -0.177. The summed E-state index contributed by atoms with van der Waals surface area (Å²) in [6.45, 7) is 6.55. The van der Waals surface area contributed by atoms with Gasteiger partial charge in [-0.1, -0.05) is 61.5 Å². The van der Waals surface area contributed by atoms with Crippen LogP contribution in [0.1, 0.15) is 62.8 Å². The van der Waals surface area contributed by atoms with Crippen molar-refractivity contribution in [1.82, 2.24) is 19.3 Å². The fourth-order valence-corrected chi connectivity index (χ4v) is 11.1. The number of aromatic nitrogens is 4. The number of para-hydroxylation sites is 3. The molecule has 6 unspecified atom stereocenters. The van der Waals surface area contributed by atoms with E-state index in [-0.39, 0.29) is 34.7 Å². The lowest BCUT2D eigenvalue weighted by atomic mass is 9.45. The molecule has 0 bridgehead atoms. The lowest BCUT2D eigenvalue weighted by Gasteiger charge is -2.60. The Morgan fingerprint density at radius 1 is 1.11 bits per heavy atom. The molecule has 4 aliphatic rings. The molecule has 2 aromatic carbocycles. The average Bonchev–Trinajstić information content (AvgIpc) is 3.65. The Balaban J connectivity index is 1.06. The van der Waals surface area contributed by atoms with Gasteiger partial charge >= 0.3 is 0 Å². The summed E-state index contributed by atoms with van der Waals surface area (Å²) in [5.74, 6) is 0.553. The monoisotopic (exact) mass is 622 g/mol. The van der Waals surface area contributed by atoms with Crippen molar-refractivity contribution in [2.24, 2.45) is 35.6 Å². The third-order valence-corrected chi connectivity index (χ3v) is 13.5. The average molecular weight is 623 g/mol. The van der Waals surface area contributed by atoms with Crippen LogP contribution in [-0.4, -0.2) is 52.8 Å². The normalized spacial score (nSPS) is 33.7. The highest BCUT2D eigenvalue weighted by atomic mass is 32.2. The fraction of sp³-hybridized carbons (Fsp3) is 0.486. The van der Waals surface area contributed by atoms with E-state index in [1.54, 1.807) is 0 Å². The molecule has 4 aliphatic carbocycles. The molecule has 0 saturated heterocycles. The van der Waals surface area contributed by atoms with Crippen molar-refractivity contribution in [2.75, 3.05) is 5.75 Å². The summed E-state index contributed by atoms with van der Waals surface area (Å²) in [4.78, 5) is 18.7. The molecule has 7 nitrogen and oxygen atoms in total. The van der Waals surface area contributed by atoms with E-state index in [1.165, 1.54) is 28.5 Å². The number of nitrogens with zero attached hydrogens (tertiary/aromatic N) is 4. The summed E-state index contributed by atoms with van der Waals surface area (Å²) in [6.07, 6.45) is 8.26. The molecule has 234 valence electrons. The number of allylic oxidation sites excluding steroid dienone is 1. The molecule has 2 aromatic heterocycles. The predicted octanol–water partition coefficient (Wildman–Crippen LogP) is 6.31. The van der Waals surface area contributed by atoms with Crippen LogP contribution >= 0.6 is 11.8 Å². The van der Waals surface area contributed by atoms with Crippen molar-refractivity contribution >= 4 is 34.7 Å². The van der Waals surface area contributed by atoms with E-state index in [0.717, 1.165) is 53.3 Å². The van der Waals surface area contributed by atoms with Gasteiger partial charge in [-0.15, -0.1) is 0 Å². The Labute approximate surface area is 268 Å². The number of imidazole rings is 1. The van der Waals surface area contributed by atoms with Crippen molar-refractivity contribution in [1.29, 1.82) is 0 Å². The molecule has 3 fully saturated rings. The van der Waals surface area contributed by atoms with Gasteiger partial charge in [0.2, 0.25) is 0 Å². The first-order chi connectivity index (χ1) is 21.5. The molecule has 7 atom stereocenters. The van der Waals surface area contributed by atoms with Crippen LogP contribution in [0.5, 0.6) is 0 Å². The summed E-state index contributed by atoms with van der Waals surface area (Å²) in [7, 11) is 1.97. The Bertz CT molecular complexity index is 1880. The highest BCUT2D eigenvalue weighted by Crippen LogP contribution is 2.67. The molecule has 0 aliphatic heterocycles. The lowest BCUT2D eigenvalue weighted by Crippen LogP contribution is -2.62. The molecule has 45 heavy (non-hydrogen) atoms. The molecule has 0 spiro atoms. The summed E-state index contributed by atoms with van der Waals surface area (Å²) >= 11 is 1.40. The fourth-order valence-electron chi connectivity index (χ4n) is 10.1. The molecule has 0 radical (unpaired) electrons. The van der Waals surface area contributed by atoms with Crippen LogP contribution in [0.15, 0.2) is 65.5 Å². The van der Waals surface area contributed by atoms with Crippen molar-refractivity contribution < 1.29 is 15.0 Å². The van der Waals surface area contributed by atoms with Gasteiger partial charge in [-0.05, 0) is 104 Å². The summed E-state index contributed by atoms with van der Waals surface area (Å²) in [5, 5.41) is 29.9. The zero-order chi connectivity index (χ0) is 31.3. The van der Waals surface area contributed by atoms with Crippen molar-refractivity contribution in [2.45, 2.75) is 76.2 Å².